The Bertz CT molecular complexity index is 587. The number of aromatic carboxylic acids is 1. The maximum Gasteiger partial charge on any atom is 0.335 e. The van der Waals surface area contributed by atoms with Crippen LogP contribution in [0.2, 0.25) is 0 Å². The Morgan fingerprint density at radius 1 is 1.53 bits per heavy atom. The number of carboxylic acids is 1. The minimum atomic E-state index is -3.84. The summed E-state index contributed by atoms with van der Waals surface area (Å²) >= 11 is 0. The smallest absolute Gasteiger partial charge is 0.335 e. The molecule has 1 aromatic carbocycles. The summed E-state index contributed by atoms with van der Waals surface area (Å²) in [5.41, 5.74) is 0.0651. The van der Waals surface area contributed by atoms with Gasteiger partial charge in [0.2, 0.25) is 10.0 Å². The van der Waals surface area contributed by atoms with E-state index in [1.165, 1.54) is 25.1 Å². The van der Waals surface area contributed by atoms with E-state index in [0.717, 1.165) is 0 Å². The molecule has 0 unspecified atom stereocenters. The van der Waals surface area contributed by atoms with Crippen molar-refractivity contribution < 1.29 is 18.3 Å². The largest absolute Gasteiger partial charge is 0.478 e. The molecule has 1 aromatic rings. The summed E-state index contributed by atoms with van der Waals surface area (Å²) in [6, 6.07) is 5.60. The molecule has 0 bridgehead atoms. The second kappa shape index (κ2) is 4.95. The zero-order valence-corrected chi connectivity index (χ0v) is 9.78. The third-order valence-electron chi connectivity index (χ3n) is 2.15. The van der Waals surface area contributed by atoms with Crippen LogP contribution in [-0.4, -0.2) is 26.0 Å². The topological polar surface area (TPSA) is 107 Å². The van der Waals surface area contributed by atoms with Gasteiger partial charge in [0, 0.05) is 0 Å². The lowest BCUT2D eigenvalue weighted by Gasteiger charge is -2.09. The Morgan fingerprint density at radius 3 is 2.71 bits per heavy atom. The van der Waals surface area contributed by atoms with Gasteiger partial charge >= 0.3 is 5.97 Å². The maximum absolute atomic E-state index is 11.7. The van der Waals surface area contributed by atoms with E-state index in [4.69, 9.17) is 10.4 Å². The highest BCUT2D eigenvalue weighted by Crippen LogP contribution is 2.18. The molecule has 7 heteroatoms. The van der Waals surface area contributed by atoms with Crippen LogP contribution in [0.25, 0.3) is 0 Å². The number of carboxylic acid groups (broad SMARTS) is 1. The summed E-state index contributed by atoms with van der Waals surface area (Å²) in [4.78, 5) is 10.7. The first-order valence-corrected chi connectivity index (χ1v) is 6.08. The molecule has 0 saturated heterocycles. The summed E-state index contributed by atoms with van der Waals surface area (Å²) in [5.74, 6) is -1.19. The number of hydrogen-bond donors (Lipinski definition) is 2. The van der Waals surface area contributed by atoms with Crippen LogP contribution in [0.4, 0.5) is 0 Å². The van der Waals surface area contributed by atoms with Crippen molar-refractivity contribution in [3.63, 3.8) is 0 Å². The first-order chi connectivity index (χ1) is 7.90. The number of sulfonamides is 1. The van der Waals surface area contributed by atoms with Crippen LogP contribution < -0.4 is 4.72 Å². The first-order valence-electron chi connectivity index (χ1n) is 4.59. The molecule has 0 atom stereocenters. The lowest BCUT2D eigenvalue weighted by Crippen LogP contribution is -2.25. The quantitative estimate of drug-likeness (QED) is 0.760. The van der Waals surface area contributed by atoms with E-state index in [1.54, 1.807) is 6.07 Å². The van der Waals surface area contributed by atoms with Gasteiger partial charge in [0.05, 0.1) is 23.1 Å². The fourth-order valence-corrected chi connectivity index (χ4v) is 2.52. The Labute approximate surface area is 98.6 Å². The normalized spacial score (nSPS) is 10.8. The highest BCUT2D eigenvalue weighted by molar-refractivity contribution is 7.89. The van der Waals surface area contributed by atoms with Crippen LogP contribution in [-0.2, 0) is 10.0 Å². The molecule has 0 aliphatic rings. The molecular weight excluding hydrogens is 244 g/mol. The lowest BCUT2D eigenvalue weighted by atomic mass is 10.1. The molecular formula is C10H10N2O4S. The zero-order valence-electron chi connectivity index (χ0n) is 8.97. The van der Waals surface area contributed by atoms with Gasteiger partial charge in [-0.3, -0.25) is 0 Å². The molecule has 6 nitrogen and oxygen atoms in total. The summed E-state index contributed by atoms with van der Waals surface area (Å²) < 4.78 is 25.5. The van der Waals surface area contributed by atoms with Gasteiger partial charge in [-0.15, -0.1) is 0 Å². The van der Waals surface area contributed by atoms with Crippen LogP contribution in [0, 0.1) is 18.3 Å². The number of benzene rings is 1. The Hall–Kier alpha value is -1.91. The van der Waals surface area contributed by atoms with Crippen LogP contribution in [0.15, 0.2) is 23.1 Å². The van der Waals surface area contributed by atoms with E-state index in [9.17, 15) is 13.2 Å². The minimum absolute atomic E-state index is 0.0789. The molecule has 90 valence electrons. The molecule has 0 aliphatic heterocycles. The van der Waals surface area contributed by atoms with E-state index >= 15 is 0 Å². The summed E-state index contributed by atoms with van der Waals surface area (Å²) in [6.07, 6.45) is 0. The predicted octanol–water partition coefficient (Wildman–Crippen LogP) is 0.495. The van der Waals surface area contributed by atoms with E-state index in [2.05, 4.69) is 4.72 Å². The molecule has 1 rings (SSSR count). The summed E-state index contributed by atoms with van der Waals surface area (Å²) in [6.45, 7) is 1.05. The van der Waals surface area contributed by atoms with Crippen molar-refractivity contribution in [1.82, 2.24) is 4.72 Å². The molecule has 0 heterocycles. The number of carbonyl (C=O) groups is 1. The van der Waals surface area contributed by atoms with Gasteiger partial charge in [0.25, 0.3) is 0 Å². The van der Waals surface area contributed by atoms with Crippen molar-refractivity contribution in [2.75, 3.05) is 6.54 Å². The molecule has 17 heavy (non-hydrogen) atoms. The fourth-order valence-electron chi connectivity index (χ4n) is 1.34. The number of nitriles is 1. The van der Waals surface area contributed by atoms with Gasteiger partial charge in [-0.25, -0.2) is 13.2 Å². The average molecular weight is 254 g/mol. The molecule has 0 aliphatic carbocycles. The molecule has 2 N–H and O–H groups in total. The van der Waals surface area contributed by atoms with Crippen LogP contribution in [0.3, 0.4) is 0 Å². The fraction of sp³-hybridized carbons (Fsp3) is 0.200. The molecule has 0 saturated carbocycles. The van der Waals surface area contributed by atoms with E-state index in [1.807, 2.05) is 0 Å². The SMILES string of the molecule is Cc1c(C(=O)O)cccc1S(=O)(=O)NCC#N. The molecule has 0 radical (unpaired) electrons. The molecule has 0 fully saturated rings. The number of nitrogens with zero attached hydrogens (tertiary/aromatic N) is 1. The zero-order chi connectivity index (χ0) is 13.1. The lowest BCUT2D eigenvalue weighted by molar-refractivity contribution is 0.0696. The predicted molar refractivity (Wildman–Crippen MR) is 58.9 cm³/mol. The van der Waals surface area contributed by atoms with Gasteiger partial charge in [0.15, 0.2) is 0 Å². The van der Waals surface area contributed by atoms with E-state index in [0.29, 0.717) is 0 Å². The number of nitrogens with one attached hydrogen (secondary N) is 1. The monoisotopic (exact) mass is 254 g/mol. The van der Waals surface area contributed by atoms with Crippen LogP contribution in [0.5, 0.6) is 0 Å². The Kier molecular flexibility index (Phi) is 3.83. The van der Waals surface area contributed by atoms with Crippen molar-refractivity contribution in [3.05, 3.63) is 29.3 Å². The highest BCUT2D eigenvalue weighted by Gasteiger charge is 2.19. The minimum Gasteiger partial charge on any atom is -0.478 e. The summed E-state index contributed by atoms with van der Waals surface area (Å²) in [7, 11) is -3.84. The number of rotatable bonds is 4. The Morgan fingerprint density at radius 2 is 2.18 bits per heavy atom. The average Bonchev–Trinajstić information content (AvgIpc) is 2.26. The second-order valence-electron chi connectivity index (χ2n) is 3.22. The summed E-state index contributed by atoms with van der Waals surface area (Å²) in [5, 5.41) is 17.2. The van der Waals surface area contributed by atoms with Gasteiger partial charge in [-0.2, -0.15) is 9.98 Å². The van der Waals surface area contributed by atoms with Gasteiger partial charge in [-0.1, -0.05) is 6.07 Å². The Balaban J connectivity index is 3.29. The van der Waals surface area contributed by atoms with Crippen LogP contribution >= 0.6 is 0 Å². The van der Waals surface area contributed by atoms with Crippen LogP contribution in [0.1, 0.15) is 15.9 Å². The van der Waals surface area contributed by atoms with Crippen molar-refractivity contribution in [2.45, 2.75) is 11.8 Å². The molecule has 0 aromatic heterocycles. The number of hydrogen-bond acceptors (Lipinski definition) is 4. The van der Waals surface area contributed by atoms with E-state index in [-0.39, 0.29) is 22.6 Å². The van der Waals surface area contributed by atoms with Crippen molar-refractivity contribution >= 4 is 16.0 Å². The maximum atomic E-state index is 11.7. The molecule has 0 amide bonds. The molecule has 0 spiro atoms. The third-order valence-corrected chi connectivity index (χ3v) is 3.69. The van der Waals surface area contributed by atoms with Crippen molar-refractivity contribution in [2.24, 2.45) is 0 Å². The van der Waals surface area contributed by atoms with E-state index < -0.39 is 16.0 Å². The van der Waals surface area contributed by atoms with Crippen molar-refractivity contribution in [3.8, 4) is 6.07 Å². The standard InChI is InChI=1S/C10H10N2O4S/c1-7-8(10(13)14)3-2-4-9(7)17(15,16)12-6-5-11/h2-4,12H,6H2,1H3,(H,13,14). The van der Waals surface area contributed by atoms with Gasteiger partial charge < -0.3 is 5.11 Å². The van der Waals surface area contributed by atoms with Gasteiger partial charge in [-0.05, 0) is 24.6 Å². The first kappa shape index (κ1) is 13.2. The third kappa shape index (κ3) is 2.81. The highest BCUT2D eigenvalue weighted by atomic mass is 32.2. The second-order valence-corrected chi connectivity index (χ2v) is 4.95. The van der Waals surface area contributed by atoms with Crippen molar-refractivity contribution in [1.29, 1.82) is 5.26 Å². The van der Waals surface area contributed by atoms with Gasteiger partial charge in [0.1, 0.15) is 0 Å².